The van der Waals surface area contributed by atoms with E-state index in [1.807, 2.05) is 37.3 Å². The van der Waals surface area contributed by atoms with Gasteiger partial charge in [0, 0.05) is 13.1 Å². The molecule has 0 unspecified atom stereocenters. The molecule has 0 radical (unpaired) electrons. The Balaban J connectivity index is 2.46. The molecule has 3 heteroatoms. The molecule has 92 valence electrons. The van der Waals surface area contributed by atoms with Crippen molar-refractivity contribution in [1.82, 2.24) is 9.80 Å². The minimum atomic E-state index is -0.920. The van der Waals surface area contributed by atoms with E-state index >= 15 is 0 Å². The Morgan fingerprint density at radius 2 is 1.88 bits per heavy atom. The molecule has 1 aromatic rings. The van der Waals surface area contributed by atoms with Gasteiger partial charge in [-0.3, -0.25) is 0 Å². The fraction of sp³-hybridized carbons (Fsp3) is 0.500. The highest BCUT2D eigenvalue weighted by molar-refractivity contribution is 5.78. The molecule has 1 heterocycles. The summed E-state index contributed by atoms with van der Waals surface area (Å²) in [7, 11) is 1.80. The zero-order chi connectivity index (χ0) is 13.5. The van der Waals surface area contributed by atoms with Crippen LogP contribution in [0.3, 0.4) is 0 Å². The lowest BCUT2D eigenvalue weighted by Crippen LogP contribution is -2.36. The molecule has 1 aliphatic rings. The second kappa shape index (κ2) is 4.40. The van der Waals surface area contributed by atoms with Gasteiger partial charge in [-0.2, -0.15) is 0 Å². The Kier molecular flexibility index (Phi) is 2.75. The lowest BCUT2D eigenvalue weighted by Gasteiger charge is -2.28. The van der Waals surface area contributed by atoms with Crippen molar-refractivity contribution in [3.05, 3.63) is 35.9 Å². The lowest BCUT2D eigenvalue weighted by atomic mass is 9.99. The Hall–Kier alpha value is -1.51. The van der Waals surface area contributed by atoms with Crippen molar-refractivity contribution in [1.29, 1.82) is 0 Å². The van der Waals surface area contributed by atoms with E-state index in [1.54, 1.807) is 30.7 Å². The van der Waals surface area contributed by atoms with E-state index in [0.717, 1.165) is 5.56 Å². The van der Waals surface area contributed by atoms with Gasteiger partial charge in [-0.1, -0.05) is 30.3 Å². The first-order chi connectivity index (χ1) is 8.34. The van der Waals surface area contributed by atoms with Gasteiger partial charge in [0.25, 0.3) is 0 Å². The molecule has 0 N–H and O–H groups in total. The molecule has 2 rings (SSSR count). The molecular formula is C14H20N2O. The summed E-state index contributed by atoms with van der Waals surface area (Å²) in [4.78, 5) is 15.7. The maximum atomic E-state index is 12.3. The highest BCUT2D eigenvalue weighted by Crippen LogP contribution is 2.35. The first-order valence-corrected chi connectivity index (χ1v) is 5.95. The SMILES string of the molecule is [2H]C(C)(C)N1C(=O)N(C)[C@@H](C)[C@H]1c1ccccc1. The molecule has 3 nitrogen and oxygen atoms in total. The standard InChI is InChI=1S/C14H20N2O/c1-10(2)16-13(11(3)15(4)14(16)17)12-8-6-5-7-9-12/h5-11,13H,1-4H3/t11-,13-/m0/s1/i10D. The summed E-state index contributed by atoms with van der Waals surface area (Å²) in [6.45, 7) is 5.54. The van der Waals surface area contributed by atoms with Crippen molar-refractivity contribution in [2.75, 3.05) is 7.05 Å². The molecule has 1 saturated heterocycles. The molecule has 1 aliphatic heterocycles. The van der Waals surface area contributed by atoms with Crippen molar-refractivity contribution in [3.63, 3.8) is 0 Å². The molecule has 0 aromatic heterocycles. The summed E-state index contributed by atoms with van der Waals surface area (Å²) in [6, 6.07) is 8.97. The summed E-state index contributed by atoms with van der Waals surface area (Å²) in [6.07, 6.45) is 0. The van der Waals surface area contributed by atoms with Crippen molar-refractivity contribution < 1.29 is 6.17 Å². The van der Waals surface area contributed by atoms with E-state index in [2.05, 4.69) is 0 Å². The highest BCUT2D eigenvalue weighted by atomic mass is 16.2. The molecule has 2 amide bonds. The number of hydrogen-bond acceptors (Lipinski definition) is 1. The van der Waals surface area contributed by atoms with Gasteiger partial charge in [-0.05, 0) is 26.3 Å². The van der Waals surface area contributed by atoms with Crippen LogP contribution in [0.2, 0.25) is 0 Å². The maximum absolute atomic E-state index is 12.3. The fourth-order valence-corrected chi connectivity index (χ4v) is 2.44. The van der Waals surface area contributed by atoms with Gasteiger partial charge in [0.05, 0.1) is 13.5 Å². The molecule has 17 heavy (non-hydrogen) atoms. The van der Waals surface area contributed by atoms with E-state index < -0.39 is 6.02 Å². The summed E-state index contributed by atoms with van der Waals surface area (Å²) in [5.41, 5.74) is 1.09. The number of carbonyl (C=O) groups is 1. The van der Waals surface area contributed by atoms with Crippen molar-refractivity contribution >= 4 is 6.03 Å². The smallest absolute Gasteiger partial charge is 0.320 e. The summed E-state index contributed by atoms with van der Waals surface area (Å²) in [5, 5.41) is 0. The van der Waals surface area contributed by atoms with Crippen molar-refractivity contribution in [2.45, 2.75) is 38.9 Å². The zero-order valence-electron chi connectivity index (χ0n) is 11.8. The molecular weight excluding hydrogens is 212 g/mol. The van der Waals surface area contributed by atoms with Crippen LogP contribution in [-0.4, -0.2) is 34.9 Å². The zero-order valence-corrected chi connectivity index (χ0v) is 10.8. The Bertz CT molecular complexity index is 441. The van der Waals surface area contributed by atoms with Crippen LogP contribution in [0.15, 0.2) is 30.3 Å². The normalized spacial score (nSPS) is 26.4. The first kappa shape index (κ1) is 10.6. The molecule has 0 bridgehead atoms. The van der Waals surface area contributed by atoms with Gasteiger partial charge in [0.2, 0.25) is 0 Å². The van der Waals surface area contributed by atoms with Crippen molar-refractivity contribution in [2.24, 2.45) is 0 Å². The largest absolute Gasteiger partial charge is 0.323 e. The number of rotatable bonds is 2. The molecule has 0 saturated carbocycles. The lowest BCUT2D eigenvalue weighted by molar-refractivity contribution is 0.177. The summed E-state index contributed by atoms with van der Waals surface area (Å²) < 4.78 is 8.20. The van der Waals surface area contributed by atoms with Gasteiger partial charge in [-0.15, -0.1) is 0 Å². The number of nitrogens with zero attached hydrogens (tertiary/aromatic N) is 2. The minimum absolute atomic E-state index is 0.0591. The fourth-order valence-electron chi connectivity index (χ4n) is 2.44. The minimum Gasteiger partial charge on any atom is -0.323 e. The van der Waals surface area contributed by atoms with Crippen LogP contribution in [0.25, 0.3) is 0 Å². The Labute approximate surface area is 104 Å². The number of hydrogen-bond donors (Lipinski definition) is 0. The van der Waals surface area contributed by atoms with Crippen LogP contribution < -0.4 is 0 Å². The van der Waals surface area contributed by atoms with E-state index in [9.17, 15) is 4.79 Å². The Morgan fingerprint density at radius 3 is 2.41 bits per heavy atom. The number of benzene rings is 1. The van der Waals surface area contributed by atoms with Crippen LogP contribution >= 0.6 is 0 Å². The highest BCUT2D eigenvalue weighted by Gasteiger charge is 2.43. The van der Waals surface area contributed by atoms with Gasteiger partial charge in [-0.25, -0.2) is 4.79 Å². The average Bonchev–Trinajstić information content (AvgIpc) is 2.54. The third-order valence-electron chi connectivity index (χ3n) is 3.48. The van der Waals surface area contributed by atoms with Crippen LogP contribution in [0.5, 0.6) is 0 Å². The van der Waals surface area contributed by atoms with Crippen LogP contribution in [0.1, 0.15) is 33.7 Å². The maximum Gasteiger partial charge on any atom is 0.320 e. The monoisotopic (exact) mass is 233 g/mol. The summed E-state index contributed by atoms with van der Waals surface area (Å²) in [5.74, 6) is 0. The van der Waals surface area contributed by atoms with Crippen LogP contribution in [0, 0.1) is 0 Å². The van der Waals surface area contributed by atoms with Gasteiger partial charge < -0.3 is 9.80 Å². The molecule has 1 fully saturated rings. The number of likely N-dealkylation sites (N-methyl/N-ethyl adjacent to an activating group) is 1. The average molecular weight is 233 g/mol. The van der Waals surface area contributed by atoms with Gasteiger partial charge in [0.15, 0.2) is 0 Å². The number of amides is 2. The predicted octanol–water partition coefficient (Wildman–Crippen LogP) is 2.89. The second-order valence-electron chi connectivity index (χ2n) is 4.81. The van der Waals surface area contributed by atoms with E-state index in [4.69, 9.17) is 1.37 Å². The van der Waals surface area contributed by atoms with E-state index in [1.165, 1.54) is 0 Å². The third kappa shape index (κ3) is 1.90. The summed E-state index contributed by atoms with van der Waals surface area (Å²) >= 11 is 0. The van der Waals surface area contributed by atoms with Crippen LogP contribution in [-0.2, 0) is 0 Å². The number of carbonyl (C=O) groups excluding carboxylic acids is 1. The van der Waals surface area contributed by atoms with E-state index in [0.29, 0.717) is 0 Å². The first-order valence-electron chi connectivity index (χ1n) is 6.45. The predicted molar refractivity (Wildman–Crippen MR) is 68.8 cm³/mol. The molecule has 0 spiro atoms. The quantitative estimate of drug-likeness (QED) is 0.770. The van der Waals surface area contributed by atoms with Gasteiger partial charge in [0.1, 0.15) is 0 Å². The van der Waals surface area contributed by atoms with Crippen LogP contribution in [0.4, 0.5) is 4.79 Å². The van der Waals surface area contributed by atoms with Crippen molar-refractivity contribution in [3.8, 4) is 0 Å². The molecule has 2 atom stereocenters. The number of urea groups is 1. The Morgan fingerprint density at radius 1 is 1.29 bits per heavy atom. The van der Waals surface area contributed by atoms with Gasteiger partial charge >= 0.3 is 6.03 Å². The molecule has 0 aliphatic carbocycles. The molecule has 1 aromatic carbocycles. The topological polar surface area (TPSA) is 23.6 Å². The van der Waals surface area contributed by atoms with E-state index in [-0.39, 0.29) is 18.1 Å². The second-order valence-corrected chi connectivity index (χ2v) is 4.81. The third-order valence-corrected chi connectivity index (χ3v) is 3.48.